The van der Waals surface area contributed by atoms with Gasteiger partial charge in [-0.1, -0.05) is 212 Å². The fourth-order valence-electron chi connectivity index (χ4n) is 13.1. The molecule has 0 aliphatic rings. The van der Waals surface area contributed by atoms with E-state index in [1.807, 2.05) is 36.9 Å². The van der Waals surface area contributed by atoms with Crippen molar-refractivity contribution in [3.05, 3.63) is 316 Å². The zero-order chi connectivity index (χ0) is 56.9. The van der Waals surface area contributed by atoms with Gasteiger partial charge < -0.3 is 9.13 Å². The molecule has 6 nitrogen and oxygen atoms in total. The molecule has 0 spiro atoms. The topological polar surface area (TPSA) is 61.4 Å². The number of rotatable bonds is 11. The Balaban J connectivity index is 1.03. The van der Waals surface area contributed by atoms with E-state index in [1.54, 1.807) is 0 Å². The summed E-state index contributed by atoms with van der Waals surface area (Å²) in [6, 6.07) is 104. The molecule has 0 unspecified atom stereocenters. The zero-order valence-electron chi connectivity index (χ0n) is 46.7. The first-order valence-electron chi connectivity index (χ1n) is 29.1. The molecule has 6 heteroatoms. The first kappa shape index (κ1) is 50.2. The Morgan fingerprint density at radius 3 is 0.965 bits per heavy atom. The molecule has 16 rings (SSSR count). The maximum atomic E-state index is 5.31. The highest BCUT2D eigenvalue weighted by Crippen LogP contribution is 2.51. The molecule has 16 aromatic rings. The average molecular weight is 1100 g/mol. The van der Waals surface area contributed by atoms with Crippen LogP contribution in [0.4, 0.5) is 0 Å². The molecule has 0 atom stereocenters. The second-order valence-electron chi connectivity index (χ2n) is 21.6. The number of fused-ring (bicyclic) bond motifs is 6. The van der Waals surface area contributed by atoms with E-state index in [0.29, 0.717) is 0 Å². The molecule has 0 radical (unpaired) electrons. The second-order valence-corrected chi connectivity index (χ2v) is 21.6. The van der Waals surface area contributed by atoms with Gasteiger partial charge in [-0.25, -0.2) is 0 Å². The quantitative estimate of drug-likeness (QED) is 0.129. The molecule has 86 heavy (non-hydrogen) atoms. The summed E-state index contributed by atoms with van der Waals surface area (Å²) >= 11 is 0. The Hall–Kier alpha value is -11.6. The predicted molar refractivity (Wildman–Crippen MR) is 355 cm³/mol. The summed E-state index contributed by atoms with van der Waals surface area (Å²) in [6.45, 7) is 0. The predicted octanol–water partition coefficient (Wildman–Crippen LogP) is 20.5. The normalized spacial score (nSPS) is 11.5. The molecule has 0 aliphatic heterocycles. The van der Waals surface area contributed by atoms with Gasteiger partial charge in [0.1, 0.15) is 0 Å². The Morgan fingerprint density at radius 1 is 0.209 bits per heavy atom. The van der Waals surface area contributed by atoms with Gasteiger partial charge in [0, 0.05) is 63.4 Å². The van der Waals surface area contributed by atoms with Gasteiger partial charge in [-0.2, -0.15) is 0 Å². The van der Waals surface area contributed by atoms with Gasteiger partial charge >= 0.3 is 0 Å². The fourth-order valence-corrected chi connectivity index (χ4v) is 13.1. The Kier molecular flexibility index (Phi) is 12.4. The summed E-state index contributed by atoms with van der Waals surface area (Å²) in [5, 5.41) is 2.07. The van der Waals surface area contributed by atoms with Gasteiger partial charge in [0.25, 0.3) is 0 Å². The first-order chi connectivity index (χ1) is 42.7. The minimum absolute atomic E-state index is 0.905. The minimum Gasteiger partial charge on any atom is -0.306 e. The van der Waals surface area contributed by atoms with Crippen LogP contribution in [0.3, 0.4) is 0 Å². The third-order valence-corrected chi connectivity index (χ3v) is 16.7. The summed E-state index contributed by atoms with van der Waals surface area (Å²) in [4.78, 5) is 20.5. The summed E-state index contributed by atoms with van der Waals surface area (Å²) < 4.78 is 4.97. The number of hydrogen-bond acceptors (Lipinski definition) is 4. The monoisotopic (exact) mass is 1100 g/mol. The SMILES string of the molecule is c1ccc(-c2cccc(-c3ccccn3)c2-c2ccc3c(c2)c2ncccc2n3-c2c(-c3ccccc3)cc(-c3ccccc3)c(-n3c4ccc(-c5c(-c6ccccc6)cccc5-c5ccccn5)cc4c4ncccc43)c2-c2ccccc2)cc1. The van der Waals surface area contributed by atoms with E-state index in [0.717, 1.165) is 156 Å². The Labute approximate surface area is 498 Å². The third kappa shape index (κ3) is 8.50. The van der Waals surface area contributed by atoms with Crippen molar-refractivity contribution < 1.29 is 0 Å². The summed E-state index contributed by atoms with van der Waals surface area (Å²) in [6.07, 6.45) is 7.60. The Bertz CT molecular complexity index is 4760. The molecule has 0 saturated carbocycles. The molecule has 0 amide bonds. The third-order valence-electron chi connectivity index (χ3n) is 16.7. The van der Waals surface area contributed by atoms with E-state index in [4.69, 9.17) is 19.9 Å². The van der Waals surface area contributed by atoms with E-state index < -0.39 is 0 Å². The number of aromatic nitrogens is 6. The van der Waals surface area contributed by atoms with E-state index in [-0.39, 0.29) is 0 Å². The smallest absolute Gasteiger partial charge is 0.0963 e. The van der Waals surface area contributed by atoms with E-state index in [1.165, 1.54) is 0 Å². The molecular weight excluding hydrogens is 1040 g/mol. The van der Waals surface area contributed by atoms with Crippen LogP contribution in [-0.2, 0) is 0 Å². The highest BCUT2D eigenvalue weighted by molar-refractivity contribution is 6.15. The maximum Gasteiger partial charge on any atom is 0.0963 e. The van der Waals surface area contributed by atoms with Gasteiger partial charge in [-0.15, -0.1) is 0 Å². The van der Waals surface area contributed by atoms with Crippen LogP contribution in [0, 0.1) is 0 Å². The van der Waals surface area contributed by atoms with E-state index in [9.17, 15) is 0 Å². The van der Waals surface area contributed by atoms with Crippen molar-refractivity contribution in [2.24, 2.45) is 0 Å². The van der Waals surface area contributed by atoms with Gasteiger partial charge in [-0.3, -0.25) is 19.9 Å². The molecule has 0 N–H and O–H groups in total. The lowest BCUT2D eigenvalue weighted by Gasteiger charge is -2.26. The fraction of sp³-hybridized carbons (Fsp3) is 0. The lowest BCUT2D eigenvalue weighted by Crippen LogP contribution is -2.08. The number of hydrogen-bond donors (Lipinski definition) is 0. The van der Waals surface area contributed by atoms with Crippen LogP contribution in [0.1, 0.15) is 0 Å². The van der Waals surface area contributed by atoms with Crippen molar-refractivity contribution in [3.8, 4) is 112 Å². The Morgan fingerprint density at radius 2 is 0.570 bits per heavy atom. The highest BCUT2D eigenvalue weighted by Gasteiger charge is 2.30. The average Bonchev–Trinajstić information content (AvgIpc) is 1.61. The van der Waals surface area contributed by atoms with Crippen molar-refractivity contribution in [1.82, 2.24) is 29.1 Å². The van der Waals surface area contributed by atoms with Crippen LogP contribution in [0.15, 0.2) is 316 Å². The summed E-state index contributed by atoms with van der Waals surface area (Å²) in [5.41, 5.74) is 27.2. The molecule has 0 saturated heterocycles. The van der Waals surface area contributed by atoms with Crippen LogP contribution < -0.4 is 0 Å². The van der Waals surface area contributed by atoms with Gasteiger partial charge in [0.05, 0.1) is 55.9 Å². The molecule has 10 aromatic carbocycles. The largest absolute Gasteiger partial charge is 0.306 e. The van der Waals surface area contributed by atoms with Gasteiger partial charge in [0.15, 0.2) is 0 Å². The molecule has 402 valence electrons. The molecular formula is C80H52N6. The van der Waals surface area contributed by atoms with Crippen molar-refractivity contribution >= 4 is 43.9 Å². The molecule has 0 fully saturated rings. The van der Waals surface area contributed by atoms with E-state index >= 15 is 0 Å². The van der Waals surface area contributed by atoms with Crippen molar-refractivity contribution in [2.45, 2.75) is 0 Å². The standard InChI is InChI=1S/C80H52N6/c1-6-24-53(25-7-1)60-34-20-36-62(68-38-16-18-46-81-68)74(60)58-42-44-70-66(50-58)77-72(40-22-48-83-77)85(70)79-64(55-28-10-3-11-29-55)52-65(56-30-12-4-13-31-56)80(76(79)57-32-14-5-15-33-57)86-71-45-43-59(51-67(71)78-73(86)41-23-49-84-78)75-61(54-26-8-2-9-27-54)35-21-37-63(75)69-39-17-19-47-82-69/h1-52H. The van der Waals surface area contributed by atoms with Crippen LogP contribution in [0.2, 0.25) is 0 Å². The maximum absolute atomic E-state index is 5.31. The molecule has 6 aromatic heterocycles. The molecule has 0 bridgehead atoms. The van der Waals surface area contributed by atoms with Gasteiger partial charge in [0.2, 0.25) is 0 Å². The zero-order valence-corrected chi connectivity index (χ0v) is 46.7. The van der Waals surface area contributed by atoms with Crippen LogP contribution >= 0.6 is 0 Å². The lowest BCUT2D eigenvalue weighted by molar-refractivity contribution is 1.14. The van der Waals surface area contributed by atoms with Crippen molar-refractivity contribution in [1.29, 1.82) is 0 Å². The number of pyridine rings is 4. The first-order valence-corrected chi connectivity index (χ1v) is 29.1. The number of benzene rings is 10. The van der Waals surface area contributed by atoms with E-state index in [2.05, 4.69) is 288 Å². The lowest BCUT2D eigenvalue weighted by atomic mass is 9.87. The van der Waals surface area contributed by atoms with Crippen molar-refractivity contribution in [2.75, 3.05) is 0 Å². The minimum atomic E-state index is 0.905. The highest BCUT2D eigenvalue weighted by atomic mass is 15.0. The summed E-state index contributed by atoms with van der Waals surface area (Å²) in [7, 11) is 0. The van der Waals surface area contributed by atoms with Gasteiger partial charge in [-0.05, 0) is 140 Å². The van der Waals surface area contributed by atoms with Crippen LogP contribution in [-0.4, -0.2) is 29.1 Å². The van der Waals surface area contributed by atoms with Crippen molar-refractivity contribution in [3.63, 3.8) is 0 Å². The number of nitrogens with zero attached hydrogens (tertiary/aromatic N) is 6. The molecule has 0 aliphatic carbocycles. The molecule has 6 heterocycles. The van der Waals surface area contributed by atoms with Crippen LogP contribution in [0.5, 0.6) is 0 Å². The van der Waals surface area contributed by atoms with Crippen LogP contribution in [0.25, 0.3) is 156 Å². The summed E-state index contributed by atoms with van der Waals surface area (Å²) in [5.74, 6) is 0. The second kappa shape index (κ2) is 21.3.